The van der Waals surface area contributed by atoms with Gasteiger partial charge in [-0.15, -0.1) is 0 Å². The van der Waals surface area contributed by atoms with Gasteiger partial charge in [0.15, 0.2) is 0 Å². The highest BCUT2D eigenvalue weighted by atomic mass is 16.2. The molecule has 1 aromatic carbocycles. The van der Waals surface area contributed by atoms with Crippen LogP contribution in [-0.2, 0) is 17.6 Å². The summed E-state index contributed by atoms with van der Waals surface area (Å²) in [5, 5.41) is 11.4. The summed E-state index contributed by atoms with van der Waals surface area (Å²) in [5.74, 6) is 0.206. The number of pyridine rings is 1. The van der Waals surface area contributed by atoms with Crippen LogP contribution >= 0.6 is 0 Å². The van der Waals surface area contributed by atoms with Crippen molar-refractivity contribution in [3.05, 3.63) is 59.0 Å². The average Bonchev–Trinajstić information content (AvgIpc) is 3.04. The Kier molecular flexibility index (Phi) is 5.82. The molecule has 0 aliphatic heterocycles. The molecular formula is C23H28N4O2. The van der Waals surface area contributed by atoms with Crippen molar-refractivity contribution in [2.24, 2.45) is 0 Å². The predicted octanol–water partition coefficient (Wildman–Crippen LogP) is 3.96. The van der Waals surface area contributed by atoms with Gasteiger partial charge in [-0.2, -0.15) is 5.10 Å². The molecule has 0 bridgehead atoms. The van der Waals surface area contributed by atoms with Crippen molar-refractivity contribution in [2.45, 2.75) is 58.9 Å². The number of fused-ring (bicyclic) bond motifs is 1. The third kappa shape index (κ3) is 5.28. The normalized spacial score (nSPS) is 11.8. The molecule has 2 aromatic heterocycles. The third-order valence-corrected chi connectivity index (χ3v) is 4.57. The third-order valence-electron chi connectivity index (χ3n) is 4.57. The van der Waals surface area contributed by atoms with E-state index < -0.39 is 0 Å². The maximum absolute atomic E-state index is 12.6. The van der Waals surface area contributed by atoms with Gasteiger partial charge in [-0.25, -0.2) is 0 Å². The molecule has 0 unspecified atom stereocenters. The van der Waals surface area contributed by atoms with Crippen LogP contribution in [0.1, 0.15) is 67.8 Å². The van der Waals surface area contributed by atoms with Gasteiger partial charge in [0.1, 0.15) is 11.5 Å². The molecule has 0 aliphatic carbocycles. The van der Waals surface area contributed by atoms with Crippen molar-refractivity contribution in [1.29, 1.82) is 0 Å². The van der Waals surface area contributed by atoms with Crippen LogP contribution in [0, 0.1) is 0 Å². The number of nitrogens with zero attached hydrogens (tertiary/aromatic N) is 2. The van der Waals surface area contributed by atoms with Gasteiger partial charge >= 0.3 is 0 Å². The van der Waals surface area contributed by atoms with Crippen LogP contribution in [0.25, 0.3) is 10.9 Å². The van der Waals surface area contributed by atoms with Gasteiger partial charge in [-0.05, 0) is 56.0 Å². The number of amides is 1. The van der Waals surface area contributed by atoms with Crippen molar-refractivity contribution in [2.75, 3.05) is 0 Å². The average molecular weight is 393 g/mol. The van der Waals surface area contributed by atoms with E-state index in [2.05, 4.69) is 34.3 Å². The van der Waals surface area contributed by atoms with Crippen LogP contribution in [-0.4, -0.2) is 32.4 Å². The molecule has 0 saturated heterocycles. The Balaban J connectivity index is 1.69. The molecule has 6 nitrogen and oxygen atoms in total. The van der Waals surface area contributed by atoms with Gasteiger partial charge < -0.3 is 5.32 Å². The van der Waals surface area contributed by atoms with Crippen LogP contribution in [0.15, 0.2) is 36.5 Å². The topological polar surface area (TPSA) is 87.7 Å². The minimum absolute atomic E-state index is 0.0809. The molecule has 0 atom stereocenters. The lowest BCUT2D eigenvalue weighted by atomic mass is 10.00. The second-order valence-electron chi connectivity index (χ2n) is 8.79. The Hall–Kier alpha value is -3.02. The number of aromatic amines is 1. The van der Waals surface area contributed by atoms with E-state index in [0.29, 0.717) is 18.0 Å². The Morgan fingerprint density at radius 1 is 1.07 bits per heavy atom. The second-order valence-corrected chi connectivity index (χ2v) is 8.79. The van der Waals surface area contributed by atoms with Crippen LogP contribution in [0.5, 0.6) is 0 Å². The van der Waals surface area contributed by atoms with E-state index in [9.17, 15) is 9.59 Å². The quantitative estimate of drug-likeness (QED) is 0.664. The molecule has 2 heterocycles. The number of hydrogen-bond acceptors (Lipinski definition) is 4. The van der Waals surface area contributed by atoms with Crippen molar-refractivity contribution in [3.8, 4) is 0 Å². The number of aromatic nitrogens is 3. The summed E-state index contributed by atoms with van der Waals surface area (Å²) >= 11 is 0. The van der Waals surface area contributed by atoms with Gasteiger partial charge in [0.2, 0.25) is 0 Å². The van der Waals surface area contributed by atoms with Crippen LogP contribution in [0.4, 0.5) is 0 Å². The molecule has 0 saturated carbocycles. The van der Waals surface area contributed by atoms with E-state index in [4.69, 9.17) is 0 Å². The number of hydrogen-bond donors (Lipinski definition) is 2. The zero-order valence-corrected chi connectivity index (χ0v) is 17.7. The van der Waals surface area contributed by atoms with Gasteiger partial charge in [-0.3, -0.25) is 19.7 Å². The monoisotopic (exact) mass is 392 g/mol. The first-order chi connectivity index (χ1) is 13.6. The Morgan fingerprint density at radius 3 is 2.41 bits per heavy atom. The second kappa shape index (κ2) is 8.15. The number of carbonyl (C=O) groups excluding carboxylic acids is 2. The maximum Gasteiger partial charge on any atom is 0.270 e. The lowest BCUT2D eigenvalue weighted by molar-refractivity contribution is -0.117. The van der Waals surface area contributed by atoms with E-state index in [0.717, 1.165) is 27.7 Å². The summed E-state index contributed by atoms with van der Waals surface area (Å²) in [6, 6.07) is 9.43. The molecule has 152 valence electrons. The van der Waals surface area contributed by atoms with E-state index in [1.807, 2.05) is 39.0 Å². The molecule has 0 spiro atoms. The fourth-order valence-electron chi connectivity index (χ4n) is 3.26. The van der Waals surface area contributed by atoms with Gasteiger partial charge in [-0.1, -0.05) is 26.0 Å². The molecule has 0 fully saturated rings. The molecule has 2 N–H and O–H groups in total. The fourth-order valence-corrected chi connectivity index (χ4v) is 3.26. The van der Waals surface area contributed by atoms with E-state index in [1.165, 1.54) is 0 Å². The van der Waals surface area contributed by atoms with Gasteiger partial charge in [0, 0.05) is 35.7 Å². The highest BCUT2D eigenvalue weighted by Gasteiger charge is 2.17. The first-order valence-electron chi connectivity index (χ1n) is 9.88. The summed E-state index contributed by atoms with van der Waals surface area (Å²) in [4.78, 5) is 29.0. The van der Waals surface area contributed by atoms with Crippen LogP contribution in [0.3, 0.4) is 0 Å². The predicted molar refractivity (Wildman–Crippen MR) is 114 cm³/mol. The molecule has 3 aromatic rings. The van der Waals surface area contributed by atoms with Crippen molar-refractivity contribution < 1.29 is 9.59 Å². The highest BCUT2D eigenvalue weighted by molar-refractivity contribution is 5.93. The number of nitrogens with one attached hydrogen (secondary N) is 2. The minimum atomic E-state index is -0.342. The Bertz CT molecular complexity index is 1040. The standard InChI is InChI=1S/C23H28N4O2/c1-14(2)21-18-7-6-15(12-19(18)26-27-21)10-17(28)11-16-8-9-24-20(13-16)22(29)25-23(3,4)5/h6-9,12-14H,10-11H2,1-5H3,(H,25,29)(H,26,27). The summed E-state index contributed by atoms with van der Waals surface area (Å²) in [6.07, 6.45) is 2.16. The zero-order chi connectivity index (χ0) is 21.2. The summed E-state index contributed by atoms with van der Waals surface area (Å²) < 4.78 is 0. The molecular weight excluding hydrogens is 364 g/mol. The zero-order valence-electron chi connectivity index (χ0n) is 17.7. The van der Waals surface area contributed by atoms with E-state index in [-0.39, 0.29) is 23.7 Å². The Labute approximate surface area is 171 Å². The number of H-pyrrole nitrogens is 1. The SMILES string of the molecule is CC(C)c1[nH]nc2cc(CC(=O)Cc3ccnc(C(=O)NC(C)(C)C)c3)ccc12. The highest BCUT2D eigenvalue weighted by Crippen LogP contribution is 2.23. The van der Waals surface area contributed by atoms with E-state index >= 15 is 0 Å². The lowest BCUT2D eigenvalue weighted by Gasteiger charge is -2.20. The van der Waals surface area contributed by atoms with Crippen LogP contribution < -0.4 is 5.32 Å². The molecule has 6 heteroatoms. The number of ketones is 1. The Morgan fingerprint density at radius 2 is 1.76 bits per heavy atom. The summed E-state index contributed by atoms with van der Waals surface area (Å²) in [7, 11) is 0. The summed E-state index contributed by atoms with van der Waals surface area (Å²) in [5.41, 5.74) is 3.69. The molecule has 1 amide bonds. The van der Waals surface area contributed by atoms with Gasteiger partial charge in [0.05, 0.1) is 5.52 Å². The number of rotatable bonds is 6. The number of carbonyl (C=O) groups is 2. The van der Waals surface area contributed by atoms with Crippen molar-refractivity contribution in [1.82, 2.24) is 20.5 Å². The molecule has 0 aliphatic rings. The fraction of sp³-hybridized carbons (Fsp3) is 0.391. The lowest BCUT2D eigenvalue weighted by Crippen LogP contribution is -2.40. The van der Waals surface area contributed by atoms with Crippen molar-refractivity contribution >= 4 is 22.6 Å². The largest absolute Gasteiger partial charge is 0.346 e. The maximum atomic E-state index is 12.6. The number of Topliss-reactive ketones (excluding diaryl/α,β-unsaturated/α-hetero) is 1. The number of benzene rings is 1. The molecule has 29 heavy (non-hydrogen) atoms. The summed E-state index contributed by atoms with van der Waals surface area (Å²) in [6.45, 7) is 9.99. The first-order valence-corrected chi connectivity index (χ1v) is 9.88. The smallest absolute Gasteiger partial charge is 0.270 e. The van der Waals surface area contributed by atoms with Crippen molar-refractivity contribution in [3.63, 3.8) is 0 Å². The molecule has 3 rings (SSSR count). The molecule has 0 radical (unpaired) electrons. The van der Waals surface area contributed by atoms with Gasteiger partial charge in [0.25, 0.3) is 5.91 Å². The van der Waals surface area contributed by atoms with Crippen LogP contribution in [0.2, 0.25) is 0 Å². The van der Waals surface area contributed by atoms with E-state index in [1.54, 1.807) is 18.3 Å². The minimum Gasteiger partial charge on any atom is -0.346 e. The first kappa shape index (κ1) is 20.7.